The van der Waals surface area contributed by atoms with Gasteiger partial charge in [-0.2, -0.15) is 0 Å². The highest BCUT2D eigenvalue weighted by atomic mass is 32.2. The Bertz CT molecular complexity index is 579. The lowest BCUT2D eigenvalue weighted by Gasteiger charge is -2.10. The molecule has 1 rings (SSSR count). The quantitative estimate of drug-likeness (QED) is 0.757. The first-order valence-corrected chi connectivity index (χ1v) is 8.06. The van der Waals surface area contributed by atoms with Gasteiger partial charge in [-0.3, -0.25) is 0 Å². The Labute approximate surface area is 120 Å². The van der Waals surface area contributed by atoms with Crippen LogP contribution >= 0.6 is 0 Å². The number of benzene rings is 1. The molecule has 0 aromatic heterocycles. The molecule has 0 heterocycles. The summed E-state index contributed by atoms with van der Waals surface area (Å²) in [6.07, 6.45) is 1.70. The van der Waals surface area contributed by atoms with Gasteiger partial charge in [0.15, 0.2) is 0 Å². The van der Waals surface area contributed by atoms with Gasteiger partial charge in [-0.25, -0.2) is 17.9 Å². The average molecular weight is 299 g/mol. The maximum absolute atomic E-state index is 12.2. The molecule has 0 amide bonds. The molecule has 0 aliphatic carbocycles. The predicted octanol–water partition coefficient (Wildman–Crippen LogP) is 2.41. The Morgan fingerprint density at radius 3 is 2.55 bits per heavy atom. The maximum Gasteiger partial charge on any atom is 0.335 e. The molecule has 0 unspecified atom stereocenters. The lowest BCUT2D eigenvalue weighted by Crippen LogP contribution is -2.26. The second-order valence-corrected chi connectivity index (χ2v) is 6.95. The second kappa shape index (κ2) is 6.85. The van der Waals surface area contributed by atoms with E-state index in [0.29, 0.717) is 18.0 Å². The summed E-state index contributed by atoms with van der Waals surface area (Å²) in [5.41, 5.74) is 0.504. The molecule has 0 bridgehead atoms. The molecule has 2 N–H and O–H groups in total. The molecule has 0 aliphatic heterocycles. The third-order valence-corrected chi connectivity index (χ3v) is 4.58. The van der Waals surface area contributed by atoms with Crippen molar-refractivity contribution in [3.8, 4) is 0 Å². The average Bonchev–Trinajstić information content (AvgIpc) is 2.34. The van der Waals surface area contributed by atoms with Gasteiger partial charge in [0.1, 0.15) is 0 Å². The highest BCUT2D eigenvalue weighted by molar-refractivity contribution is 7.89. The molecule has 1 aromatic rings. The molecular weight excluding hydrogens is 278 g/mol. The number of carboxylic acids is 1. The van der Waals surface area contributed by atoms with Crippen molar-refractivity contribution in [2.24, 2.45) is 5.92 Å². The van der Waals surface area contributed by atoms with E-state index in [-0.39, 0.29) is 10.5 Å². The number of aromatic carboxylic acids is 1. The number of rotatable bonds is 7. The molecule has 0 fully saturated rings. The van der Waals surface area contributed by atoms with E-state index in [9.17, 15) is 13.2 Å². The maximum atomic E-state index is 12.2. The molecule has 112 valence electrons. The number of nitrogens with one attached hydrogen (secondary N) is 1. The van der Waals surface area contributed by atoms with Gasteiger partial charge in [0.25, 0.3) is 0 Å². The van der Waals surface area contributed by atoms with Crippen LogP contribution < -0.4 is 4.72 Å². The van der Waals surface area contributed by atoms with Gasteiger partial charge in [-0.1, -0.05) is 19.9 Å². The summed E-state index contributed by atoms with van der Waals surface area (Å²) in [5.74, 6) is -0.613. The van der Waals surface area contributed by atoms with Gasteiger partial charge < -0.3 is 5.11 Å². The van der Waals surface area contributed by atoms with Crippen LogP contribution in [0.5, 0.6) is 0 Å². The minimum absolute atomic E-state index is 0.0295. The molecule has 0 atom stereocenters. The first-order chi connectivity index (χ1) is 9.24. The molecule has 6 heteroatoms. The minimum Gasteiger partial charge on any atom is -0.478 e. The normalized spacial score (nSPS) is 11.8. The molecule has 0 saturated carbocycles. The van der Waals surface area contributed by atoms with Gasteiger partial charge >= 0.3 is 5.97 Å². The summed E-state index contributed by atoms with van der Waals surface area (Å²) in [4.78, 5) is 10.9. The number of hydrogen-bond acceptors (Lipinski definition) is 3. The predicted molar refractivity (Wildman–Crippen MR) is 77.4 cm³/mol. The van der Waals surface area contributed by atoms with Crippen molar-refractivity contribution in [3.05, 3.63) is 29.3 Å². The van der Waals surface area contributed by atoms with E-state index in [0.717, 1.165) is 12.8 Å². The summed E-state index contributed by atoms with van der Waals surface area (Å²) in [6, 6.07) is 4.10. The first kappa shape index (κ1) is 16.7. The molecule has 1 aromatic carbocycles. The number of hydrogen-bond donors (Lipinski definition) is 2. The monoisotopic (exact) mass is 299 g/mol. The fourth-order valence-corrected chi connectivity index (χ4v) is 3.16. The van der Waals surface area contributed by atoms with E-state index >= 15 is 0 Å². The number of carboxylic acid groups (broad SMARTS) is 1. The zero-order valence-corrected chi connectivity index (χ0v) is 12.8. The molecule has 0 saturated heterocycles. The van der Waals surface area contributed by atoms with Gasteiger partial charge in [0, 0.05) is 6.54 Å². The third kappa shape index (κ3) is 4.61. The van der Waals surface area contributed by atoms with Crippen LogP contribution in [-0.4, -0.2) is 26.0 Å². The van der Waals surface area contributed by atoms with Crippen LogP contribution in [-0.2, 0) is 10.0 Å². The lowest BCUT2D eigenvalue weighted by atomic mass is 10.1. The van der Waals surface area contributed by atoms with E-state index in [2.05, 4.69) is 18.6 Å². The van der Waals surface area contributed by atoms with Crippen molar-refractivity contribution in [3.63, 3.8) is 0 Å². The van der Waals surface area contributed by atoms with Crippen LogP contribution in [0.25, 0.3) is 0 Å². The fourth-order valence-electron chi connectivity index (χ4n) is 1.82. The second-order valence-electron chi connectivity index (χ2n) is 5.22. The van der Waals surface area contributed by atoms with Crippen LogP contribution in [0.3, 0.4) is 0 Å². The molecular formula is C14H21NO4S. The number of sulfonamides is 1. The Kier molecular flexibility index (Phi) is 5.71. The van der Waals surface area contributed by atoms with Crippen LogP contribution in [0.15, 0.2) is 23.1 Å². The van der Waals surface area contributed by atoms with Crippen LogP contribution in [0.1, 0.15) is 42.6 Å². The van der Waals surface area contributed by atoms with Crippen LogP contribution in [0.4, 0.5) is 0 Å². The summed E-state index contributed by atoms with van der Waals surface area (Å²) in [6.45, 7) is 6.16. The smallest absolute Gasteiger partial charge is 0.335 e. The van der Waals surface area contributed by atoms with Gasteiger partial charge in [0.05, 0.1) is 10.5 Å². The van der Waals surface area contributed by atoms with Gasteiger partial charge in [-0.05, 0) is 43.4 Å². The molecule has 5 nitrogen and oxygen atoms in total. The molecule has 0 radical (unpaired) electrons. The van der Waals surface area contributed by atoms with Crippen molar-refractivity contribution in [1.82, 2.24) is 4.72 Å². The zero-order valence-electron chi connectivity index (χ0n) is 12.0. The van der Waals surface area contributed by atoms with Gasteiger partial charge in [-0.15, -0.1) is 0 Å². The van der Waals surface area contributed by atoms with Crippen LogP contribution in [0.2, 0.25) is 0 Å². The van der Waals surface area contributed by atoms with Crippen molar-refractivity contribution in [1.29, 1.82) is 0 Å². The first-order valence-electron chi connectivity index (χ1n) is 6.57. The van der Waals surface area contributed by atoms with Gasteiger partial charge in [0.2, 0.25) is 10.0 Å². The van der Waals surface area contributed by atoms with E-state index < -0.39 is 16.0 Å². The van der Waals surface area contributed by atoms with Crippen molar-refractivity contribution >= 4 is 16.0 Å². The third-order valence-electron chi connectivity index (χ3n) is 2.97. The molecule has 0 spiro atoms. The Balaban J connectivity index is 2.86. The summed E-state index contributed by atoms with van der Waals surface area (Å²) in [7, 11) is -3.66. The summed E-state index contributed by atoms with van der Waals surface area (Å²) < 4.78 is 26.9. The van der Waals surface area contributed by atoms with E-state index in [1.807, 2.05) is 0 Å². The van der Waals surface area contributed by atoms with E-state index in [1.54, 1.807) is 6.92 Å². The Morgan fingerprint density at radius 2 is 2.00 bits per heavy atom. The highest BCUT2D eigenvalue weighted by Gasteiger charge is 2.18. The standard InChI is InChI=1S/C14H21NO4S/c1-10(2)5-4-8-15-20(18,19)13-9-12(14(16)17)7-6-11(13)3/h6-7,9-10,15H,4-5,8H2,1-3H3,(H,16,17). The van der Waals surface area contributed by atoms with Crippen LogP contribution in [0, 0.1) is 12.8 Å². The largest absolute Gasteiger partial charge is 0.478 e. The Morgan fingerprint density at radius 1 is 1.35 bits per heavy atom. The molecule has 0 aliphatic rings. The number of aryl methyl sites for hydroxylation is 1. The Hall–Kier alpha value is -1.40. The number of carbonyl (C=O) groups is 1. The van der Waals surface area contributed by atoms with E-state index in [1.165, 1.54) is 18.2 Å². The topological polar surface area (TPSA) is 83.5 Å². The summed E-state index contributed by atoms with van der Waals surface area (Å²) >= 11 is 0. The minimum atomic E-state index is -3.66. The lowest BCUT2D eigenvalue weighted by molar-refractivity contribution is 0.0696. The fraction of sp³-hybridized carbons (Fsp3) is 0.500. The van der Waals surface area contributed by atoms with Crippen molar-refractivity contribution in [2.45, 2.75) is 38.5 Å². The van der Waals surface area contributed by atoms with E-state index in [4.69, 9.17) is 5.11 Å². The van der Waals surface area contributed by atoms with Crippen molar-refractivity contribution in [2.75, 3.05) is 6.54 Å². The molecule has 20 heavy (non-hydrogen) atoms. The summed E-state index contributed by atoms with van der Waals surface area (Å²) in [5, 5.41) is 8.93. The zero-order chi connectivity index (χ0) is 15.3. The SMILES string of the molecule is Cc1ccc(C(=O)O)cc1S(=O)(=O)NCCCC(C)C. The highest BCUT2D eigenvalue weighted by Crippen LogP contribution is 2.17. The van der Waals surface area contributed by atoms with Crippen molar-refractivity contribution < 1.29 is 18.3 Å².